The van der Waals surface area contributed by atoms with E-state index in [1.165, 1.54) is 0 Å². The van der Waals surface area contributed by atoms with Crippen LogP contribution in [-0.2, 0) is 0 Å². The molecule has 0 radical (unpaired) electrons. The van der Waals surface area contributed by atoms with Crippen molar-refractivity contribution in [3.05, 3.63) is 53.8 Å². The predicted molar refractivity (Wildman–Crippen MR) is 103 cm³/mol. The zero-order valence-electron chi connectivity index (χ0n) is 11.6. The molecule has 2 aromatic carbocycles. The van der Waals surface area contributed by atoms with Crippen LogP contribution in [0.1, 0.15) is 10.4 Å². The second kappa shape index (κ2) is 7.07. The lowest BCUT2D eigenvalue weighted by Crippen LogP contribution is -2.03. The lowest BCUT2D eigenvalue weighted by molar-refractivity contribution is 0.0696. The maximum absolute atomic E-state index is 11.7. The summed E-state index contributed by atoms with van der Waals surface area (Å²) in [5.41, 5.74) is 1.05. The Labute approximate surface area is 170 Å². The van der Waals surface area contributed by atoms with E-state index < -0.39 is 5.97 Å². The quantitative estimate of drug-likeness (QED) is 0.297. The lowest BCUT2D eigenvalue weighted by atomic mass is 10.1. The Morgan fingerprint density at radius 3 is 2.08 bits per heavy atom. The number of aromatic nitrogens is 2. The Hall–Kier alpha value is -1.03. The van der Waals surface area contributed by atoms with Gasteiger partial charge in [0.2, 0.25) is 11.8 Å². The summed E-state index contributed by atoms with van der Waals surface area (Å²) in [5, 5.41) is 17.6. The van der Waals surface area contributed by atoms with Crippen LogP contribution in [0.5, 0.6) is 0 Å². The van der Waals surface area contributed by atoms with E-state index in [0.29, 0.717) is 29.3 Å². The summed E-state index contributed by atoms with van der Waals surface area (Å²) < 4.78 is 7.78. The van der Waals surface area contributed by atoms with Crippen LogP contribution in [0, 0.1) is 0 Å². The van der Waals surface area contributed by atoms with Crippen LogP contribution >= 0.6 is 63.7 Å². The molecule has 24 heavy (non-hydrogen) atoms. The molecule has 0 unspecified atom stereocenters. The largest absolute Gasteiger partial charge is 0.478 e. The summed E-state index contributed by atoms with van der Waals surface area (Å²) in [7, 11) is 0. The number of benzene rings is 2. The lowest BCUT2D eigenvalue weighted by Gasteiger charge is -2.12. The molecule has 0 aliphatic heterocycles. The SMILES string of the molecule is O=C(O)c1c(Br)c(Br)c(Br)c(Br)c1-c1nnc(-c2ccccc2)o1. The number of carbonyl (C=O) groups is 1. The Kier molecular flexibility index (Phi) is 5.24. The van der Waals surface area contributed by atoms with E-state index in [9.17, 15) is 9.90 Å². The van der Waals surface area contributed by atoms with Crippen LogP contribution in [0.2, 0.25) is 0 Å². The molecule has 9 heteroatoms. The molecule has 0 aliphatic rings. The summed E-state index contributed by atoms with van der Waals surface area (Å²) in [6, 6.07) is 9.24. The molecule has 122 valence electrons. The van der Waals surface area contributed by atoms with E-state index in [2.05, 4.69) is 73.9 Å². The highest BCUT2D eigenvalue weighted by molar-refractivity contribution is 9.15. The van der Waals surface area contributed by atoms with Gasteiger partial charge in [-0.05, 0) is 75.9 Å². The van der Waals surface area contributed by atoms with Crippen LogP contribution in [0.25, 0.3) is 22.9 Å². The summed E-state index contributed by atoms with van der Waals surface area (Å²) in [6.45, 7) is 0. The Morgan fingerprint density at radius 2 is 1.46 bits per heavy atom. The third kappa shape index (κ3) is 3.10. The average Bonchev–Trinajstić information content (AvgIpc) is 3.06. The monoisotopic (exact) mass is 578 g/mol. The molecule has 0 saturated heterocycles. The van der Waals surface area contributed by atoms with Gasteiger partial charge in [0.1, 0.15) is 0 Å². The average molecular weight is 582 g/mol. The van der Waals surface area contributed by atoms with E-state index in [4.69, 9.17) is 4.42 Å². The van der Waals surface area contributed by atoms with Gasteiger partial charge in [-0.25, -0.2) is 4.79 Å². The van der Waals surface area contributed by atoms with Gasteiger partial charge in [0, 0.05) is 23.5 Å². The number of carboxylic acids is 1. The first-order valence-corrected chi connectivity index (χ1v) is 9.57. The summed E-state index contributed by atoms with van der Waals surface area (Å²) in [4.78, 5) is 11.7. The summed E-state index contributed by atoms with van der Waals surface area (Å²) in [5.74, 6) is -0.707. The van der Waals surface area contributed by atoms with Gasteiger partial charge in [-0.2, -0.15) is 0 Å². The second-order valence-corrected chi connectivity index (χ2v) is 7.76. The number of hydrogen-bond acceptors (Lipinski definition) is 4. The van der Waals surface area contributed by atoms with E-state index in [0.717, 1.165) is 5.56 Å². The first-order chi connectivity index (χ1) is 11.4. The molecule has 5 nitrogen and oxygen atoms in total. The van der Waals surface area contributed by atoms with Gasteiger partial charge in [-0.15, -0.1) is 10.2 Å². The molecule has 0 fully saturated rings. The maximum atomic E-state index is 11.7. The predicted octanol–water partition coefficient (Wildman–Crippen LogP) is 6.15. The third-order valence-corrected chi connectivity index (χ3v) is 7.91. The minimum atomic E-state index is -1.12. The molecule has 1 heterocycles. The highest BCUT2D eigenvalue weighted by Gasteiger charge is 2.28. The van der Waals surface area contributed by atoms with E-state index in [1.54, 1.807) is 0 Å². The Balaban J connectivity index is 2.24. The van der Waals surface area contributed by atoms with E-state index >= 15 is 0 Å². The smallest absolute Gasteiger partial charge is 0.337 e. The van der Waals surface area contributed by atoms with Crippen molar-refractivity contribution in [2.45, 2.75) is 0 Å². The van der Waals surface area contributed by atoms with Crippen molar-refractivity contribution in [1.82, 2.24) is 10.2 Å². The fourth-order valence-electron chi connectivity index (χ4n) is 2.05. The highest BCUT2D eigenvalue weighted by atomic mass is 79.9. The second-order valence-electron chi connectivity index (χ2n) is 4.59. The van der Waals surface area contributed by atoms with Gasteiger partial charge >= 0.3 is 5.97 Å². The van der Waals surface area contributed by atoms with Gasteiger partial charge in [-0.3, -0.25) is 0 Å². The minimum Gasteiger partial charge on any atom is -0.478 e. The van der Waals surface area contributed by atoms with Gasteiger partial charge in [-0.1, -0.05) is 18.2 Å². The third-order valence-electron chi connectivity index (χ3n) is 3.14. The van der Waals surface area contributed by atoms with Crippen molar-refractivity contribution in [3.63, 3.8) is 0 Å². The van der Waals surface area contributed by atoms with Crippen molar-refractivity contribution < 1.29 is 14.3 Å². The Morgan fingerprint density at radius 1 is 0.875 bits per heavy atom. The number of aromatic carboxylic acids is 1. The van der Waals surface area contributed by atoms with Crippen molar-refractivity contribution >= 4 is 69.7 Å². The van der Waals surface area contributed by atoms with Gasteiger partial charge in [0.15, 0.2) is 0 Å². The summed E-state index contributed by atoms with van der Waals surface area (Å²) in [6.07, 6.45) is 0. The Bertz CT molecular complexity index is 942. The van der Waals surface area contributed by atoms with Crippen LogP contribution in [0.3, 0.4) is 0 Å². The van der Waals surface area contributed by atoms with Crippen LogP contribution in [0.15, 0.2) is 52.6 Å². The van der Waals surface area contributed by atoms with Gasteiger partial charge in [0.05, 0.1) is 11.1 Å². The fourth-order valence-corrected chi connectivity index (χ4v) is 4.51. The molecule has 0 bridgehead atoms. The molecule has 0 aliphatic carbocycles. The highest BCUT2D eigenvalue weighted by Crippen LogP contribution is 2.46. The van der Waals surface area contributed by atoms with Crippen molar-refractivity contribution in [2.75, 3.05) is 0 Å². The number of carboxylic acid groups (broad SMARTS) is 1. The molecule has 3 aromatic rings. The van der Waals surface area contributed by atoms with Crippen LogP contribution in [0.4, 0.5) is 0 Å². The number of hydrogen-bond donors (Lipinski definition) is 1. The molecular formula is C15H6Br4N2O3. The molecule has 1 N–H and O–H groups in total. The minimum absolute atomic E-state index is 0.0141. The molecule has 0 atom stereocenters. The van der Waals surface area contributed by atoms with Crippen molar-refractivity contribution in [1.29, 1.82) is 0 Å². The number of nitrogens with zero attached hydrogens (tertiary/aromatic N) is 2. The molecule has 0 saturated carbocycles. The first-order valence-electron chi connectivity index (χ1n) is 6.40. The van der Waals surface area contributed by atoms with E-state index in [1.807, 2.05) is 30.3 Å². The molecule has 0 spiro atoms. The summed E-state index contributed by atoms with van der Waals surface area (Å²) >= 11 is 13.4. The topological polar surface area (TPSA) is 76.2 Å². The van der Waals surface area contributed by atoms with Gasteiger partial charge < -0.3 is 9.52 Å². The first kappa shape index (κ1) is 17.8. The number of halogens is 4. The fraction of sp³-hybridized carbons (Fsp3) is 0. The van der Waals surface area contributed by atoms with Crippen molar-refractivity contribution in [3.8, 4) is 22.9 Å². The van der Waals surface area contributed by atoms with Crippen LogP contribution < -0.4 is 0 Å². The maximum Gasteiger partial charge on any atom is 0.337 e. The van der Waals surface area contributed by atoms with Crippen molar-refractivity contribution in [2.24, 2.45) is 0 Å². The number of rotatable bonds is 3. The standard InChI is InChI=1S/C15H6Br4N2O3/c16-9-7(8(15(22)23)10(17)12(19)11(9)18)14-21-20-13(24-14)6-4-2-1-3-5-6/h1-5H,(H,22,23). The van der Waals surface area contributed by atoms with E-state index in [-0.39, 0.29) is 11.5 Å². The molecule has 0 amide bonds. The normalized spacial score (nSPS) is 10.8. The molecule has 3 rings (SSSR count). The zero-order chi connectivity index (χ0) is 17.4. The molecular weight excluding hydrogens is 576 g/mol. The van der Waals surface area contributed by atoms with Crippen LogP contribution in [-0.4, -0.2) is 21.3 Å². The molecule has 1 aromatic heterocycles. The zero-order valence-corrected chi connectivity index (χ0v) is 17.9. The van der Waals surface area contributed by atoms with Gasteiger partial charge in [0.25, 0.3) is 0 Å².